The second kappa shape index (κ2) is 4.15. The molecule has 3 nitrogen and oxygen atoms in total. The Balaban J connectivity index is 1.58. The number of carbonyl (C=O) groups is 2. The van der Waals surface area contributed by atoms with Crippen LogP contribution in [0.15, 0.2) is 30.4 Å². The number of allylic oxidation sites excluding steroid dienone is 2. The molecule has 6 atom stereocenters. The summed E-state index contributed by atoms with van der Waals surface area (Å²) in [5.41, 5.74) is 0.534. The molecule has 5 heteroatoms. The number of hydrogen-bond acceptors (Lipinski definition) is 2. The Morgan fingerprint density at radius 3 is 2.05 bits per heavy atom. The van der Waals surface area contributed by atoms with E-state index in [-0.39, 0.29) is 35.5 Å². The highest BCUT2D eigenvalue weighted by Gasteiger charge is 2.67. The number of benzene rings is 1. The molecule has 1 heterocycles. The quantitative estimate of drug-likeness (QED) is 0.582. The fraction of sp³-hybridized carbons (Fsp3) is 0.412. The van der Waals surface area contributed by atoms with Crippen LogP contribution in [0.3, 0.4) is 0 Å². The Bertz CT molecular complexity index is 723. The Morgan fingerprint density at radius 2 is 1.50 bits per heavy atom. The van der Waals surface area contributed by atoms with E-state index >= 15 is 0 Å². The summed E-state index contributed by atoms with van der Waals surface area (Å²) in [4.78, 5) is 27.1. The van der Waals surface area contributed by atoms with Crippen molar-refractivity contribution in [3.05, 3.63) is 40.4 Å². The molecule has 5 aliphatic rings. The van der Waals surface area contributed by atoms with Crippen molar-refractivity contribution in [2.24, 2.45) is 35.5 Å². The molecule has 2 bridgehead atoms. The second-order valence-corrected chi connectivity index (χ2v) is 7.58. The Kier molecular flexibility index (Phi) is 2.48. The molecule has 1 aromatic rings. The maximum absolute atomic E-state index is 12.9. The average molecular weight is 334 g/mol. The summed E-state index contributed by atoms with van der Waals surface area (Å²) in [7, 11) is 0. The van der Waals surface area contributed by atoms with E-state index in [1.165, 1.54) is 11.3 Å². The third-order valence-electron chi connectivity index (χ3n) is 5.82. The molecule has 1 aromatic carbocycles. The third kappa shape index (κ3) is 1.49. The summed E-state index contributed by atoms with van der Waals surface area (Å²) >= 11 is 12.0. The number of halogens is 2. The first kappa shape index (κ1) is 13.1. The van der Waals surface area contributed by atoms with Crippen LogP contribution in [0.4, 0.5) is 5.69 Å². The lowest BCUT2D eigenvalue weighted by Gasteiger charge is -2.37. The maximum atomic E-state index is 12.9. The van der Waals surface area contributed by atoms with Crippen LogP contribution >= 0.6 is 23.2 Å². The number of hydrogen-bond donors (Lipinski definition) is 0. The number of anilines is 1. The molecule has 0 spiro atoms. The summed E-state index contributed by atoms with van der Waals surface area (Å²) in [6, 6.07) is 4.93. The smallest absolute Gasteiger partial charge is 0.238 e. The van der Waals surface area contributed by atoms with E-state index < -0.39 is 0 Å². The van der Waals surface area contributed by atoms with Crippen LogP contribution in [0.1, 0.15) is 6.42 Å². The summed E-state index contributed by atoms with van der Waals surface area (Å²) in [5.74, 6) is 1.20. The first-order valence-corrected chi connectivity index (χ1v) is 8.34. The molecule has 0 N–H and O–H groups in total. The van der Waals surface area contributed by atoms with Crippen LogP contribution in [0.25, 0.3) is 0 Å². The summed E-state index contributed by atoms with van der Waals surface area (Å²) < 4.78 is 0. The molecule has 6 rings (SSSR count). The Hall–Kier alpha value is -1.32. The van der Waals surface area contributed by atoms with E-state index in [0.717, 1.165) is 0 Å². The second-order valence-electron chi connectivity index (χ2n) is 6.76. The average Bonchev–Trinajstić information content (AvgIpc) is 3.28. The summed E-state index contributed by atoms with van der Waals surface area (Å²) in [6.07, 6.45) is 5.51. The van der Waals surface area contributed by atoms with Crippen LogP contribution in [-0.2, 0) is 9.59 Å². The fourth-order valence-corrected chi connectivity index (χ4v) is 5.13. The zero-order chi connectivity index (χ0) is 15.2. The highest BCUT2D eigenvalue weighted by atomic mass is 35.5. The fourth-order valence-electron chi connectivity index (χ4n) is 4.84. The summed E-state index contributed by atoms with van der Waals surface area (Å²) in [6.45, 7) is 0. The van der Waals surface area contributed by atoms with Crippen molar-refractivity contribution in [2.45, 2.75) is 6.42 Å². The van der Waals surface area contributed by atoms with Gasteiger partial charge in [-0.15, -0.1) is 0 Å². The molecule has 112 valence electrons. The van der Waals surface area contributed by atoms with Gasteiger partial charge in [-0.2, -0.15) is 0 Å². The van der Waals surface area contributed by atoms with Crippen molar-refractivity contribution < 1.29 is 9.59 Å². The molecular weight excluding hydrogens is 321 g/mol. The molecular formula is C17H13Cl2NO2. The molecule has 0 radical (unpaired) electrons. The number of nitrogens with zero attached hydrogens (tertiary/aromatic N) is 1. The largest absolute Gasteiger partial charge is 0.274 e. The van der Waals surface area contributed by atoms with E-state index in [1.54, 1.807) is 18.2 Å². The number of amides is 2. The van der Waals surface area contributed by atoms with E-state index in [2.05, 4.69) is 12.2 Å². The van der Waals surface area contributed by atoms with Crippen molar-refractivity contribution in [3.8, 4) is 0 Å². The van der Waals surface area contributed by atoms with Gasteiger partial charge in [0.25, 0.3) is 0 Å². The van der Waals surface area contributed by atoms with E-state index in [1.807, 2.05) is 0 Å². The van der Waals surface area contributed by atoms with Gasteiger partial charge < -0.3 is 0 Å². The highest BCUT2D eigenvalue weighted by molar-refractivity contribution is 6.42. The minimum absolute atomic E-state index is 0.0712. The van der Waals surface area contributed by atoms with Gasteiger partial charge in [-0.3, -0.25) is 9.59 Å². The molecule has 22 heavy (non-hydrogen) atoms. The molecule has 4 aliphatic carbocycles. The first-order chi connectivity index (χ1) is 10.6. The zero-order valence-corrected chi connectivity index (χ0v) is 13.1. The number of imide groups is 1. The van der Waals surface area contributed by atoms with Gasteiger partial charge in [0.05, 0.1) is 27.6 Å². The molecule has 0 unspecified atom stereocenters. The van der Waals surface area contributed by atoms with Gasteiger partial charge in [-0.05, 0) is 48.3 Å². The Morgan fingerprint density at radius 1 is 0.909 bits per heavy atom. The van der Waals surface area contributed by atoms with Crippen LogP contribution < -0.4 is 4.90 Å². The lowest BCUT2D eigenvalue weighted by atomic mass is 9.63. The zero-order valence-electron chi connectivity index (χ0n) is 11.6. The van der Waals surface area contributed by atoms with Gasteiger partial charge in [0.15, 0.2) is 0 Å². The van der Waals surface area contributed by atoms with Crippen LogP contribution in [0.2, 0.25) is 10.0 Å². The number of rotatable bonds is 1. The van der Waals surface area contributed by atoms with Gasteiger partial charge in [0.2, 0.25) is 11.8 Å². The van der Waals surface area contributed by atoms with Gasteiger partial charge in [-0.1, -0.05) is 35.4 Å². The highest BCUT2D eigenvalue weighted by Crippen LogP contribution is 2.65. The van der Waals surface area contributed by atoms with Crippen LogP contribution in [-0.4, -0.2) is 11.8 Å². The predicted molar refractivity (Wildman–Crippen MR) is 83.7 cm³/mol. The summed E-state index contributed by atoms with van der Waals surface area (Å²) in [5, 5.41) is 0.781. The van der Waals surface area contributed by atoms with Crippen molar-refractivity contribution in [2.75, 3.05) is 4.90 Å². The monoisotopic (exact) mass is 333 g/mol. The van der Waals surface area contributed by atoms with Crippen molar-refractivity contribution in [3.63, 3.8) is 0 Å². The molecule has 0 aromatic heterocycles. The van der Waals surface area contributed by atoms with Gasteiger partial charge in [0.1, 0.15) is 0 Å². The first-order valence-electron chi connectivity index (χ1n) is 7.59. The van der Waals surface area contributed by atoms with E-state index in [9.17, 15) is 9.59 Å². The molecule has 1 aliphatic heterocycles. The SMILES string of the molecule is O=C1[C@@H]2[C@@H]3C=C[C@@H]([C@@H]4C[C@H]34)[C@@H]2C(=O)N1c1ccc(Cl)c(Cl)c1. The van der Waals surface area contributed by atoms with Gasteiger partial charge in [0, 0.05) is 0 Å². The normalized spacial score (nSPS) is 40.9. The molecule has 3 fully saturated rings. The van der Waals surface area contributed by atoms with Crippen molar-refractivity contribution >= 4 is 40.7 Å². The third-order valence-corrected chi connectivity index (χ3v) is 6.56. The lowest BCUT2D eigenvalue weighted by molar-refractivity contribution is -0.124. The lowest BCUT2D eigenvalue weighted by Crippen LogP contribution is -2.40. The van der Waals surface area contributed by atoms with Crippen molar-refractivity contribution in [1.29, 1.82) is 0 Å². The van der Waals surface area contributed by atoms with Crippen LogP contribution in [0, 0.1) is 35.5 Å². The van der Waals surface area contributed by atoms with Gasteiger partial charge >= 0.3 is 0 Å². The van der Waals surface area contributed by atoms with E-state index in [4.69, 9.17) is 23.2 Å². The van der Waals surface area contributed by atoms with Crippen molar-refractivity contribution in [1.82, 2.24) is 0 Å². The molecule has 2 amide bonds. The topological polar surface area (TPSA) is 37.4 Å². The molecule has 1 saturated heterocycles. The Labute approximate surface area is 137 Å². The molecule has 2 saturated carbocycles. The minimum atomic E-state index is -0.180. The van der Waals surface area contributed by atoms with Crippen LogP contribution in [0.5, 0.6) is 0 Å². The predicted octanol–water partition coefficient (Wildman–Crippen LogP) is 3.55. The minimum Gasteiger partial charge on any atom is -0.274 e. The maximum Gasteiger partial charge on any atom is 0.238 e. The van der Waals surface area contributed by atoms with Gasteiger partial charge in [-0.25, -0.2) is 4.90 Å². The number of carbonyl (C=O) groups excluding carboxylic acids is 2. The standard InChI is InChI=1S/C17H13Cl2NO2/c18-12-4-1-7(5-13(12)19)20-16(21)14-8-2-3-9(11-6-10(8)11)15(14)17(20)22/h1-5,8-11,14-15H,6H2/t8-,9+,10-,11+,14-,15+. The van der Waals surface area contributed by atoms with E-state index in [0.29, 0.717) is 27.6 Å².